The van der Waals surface area contributed by atoms with Gasteiger partial charge in [-0.05, 0) is 44.0 Å². The molecule has 2 aromatic carbocycles. The topological polar surface area (TPSA) is 57.6 Å². The van der Waals surface area contributed by atoms with E-state index in [0.717, 1.165) is 22.0 Å². The van der Waals surface area contributed by atoms with Gasteiger partial charge in [-0.25, -0.2) is 0 Å². The number of rotatable bonds is 5. The highest BCUT2D eigenvalue weighted by atomic mass is 79.9. The second-order valence-corrected chi connectivity index (χ2v) is 7.81. The Hall–Kier alpha value is -1.98. The minimum absolute atomic E-state index is 0.234. The van der Waals surface area contributed by atoms with Crippen LogP contribution < -0.4 is 4.90 Å². The predicted molar refractivity (Wildman–Crippen MR) is 106 cm³/mol. The van der Waals surface area contributed by atoms with E-state index in [0.29, 0.717) is 23.4 Å². The molecule has 0 radical (unpaired) electrons. The van der Waals surface area contributed by atoms with Crippen LogP contribution in [0.2, 0.25) is 0 Å². The summed E-state index contributed by atoms with van der Waals surface area (Å²) in [6.45, 7) is 6.32. The molecule has 1 heterocycles. The van der Waals surface area contributed by atoms with Crippen molar-refractivity contribution in [2.24, 2.45) is 0 Å². The first-order valence-electron chi connectivity index (χ1n) is 8.72. The third-order valence-corrected chi connectivity index (χ3v) is 5.33. The maximum atomic E-state index is 13.0. The van der Waals surface area contributed by atoms with Crippen LogP contribution in [0.25, 0.3) is 0 Å². The first kappa shape index (κ1) is 18.8. The van der Waals surface area contributed by atoms with E-state index in [9.17, 15) is 14.7 Å². The molecule has 1 atom stereocenters. The van der Waals surface area contributed by atoms with Crippen LogP contribution in [0.1, 0.15) is 46.8 Å². The van der Waals surface area contributed by atoms with Crippen LogP contribution in [0.15, 0.2) is 40.9 Å². The lowest BCUT2D eigenvalue weighted by Gasteiger charge is -2.23. The number of nitrogens with zero attached hydrogens (tertiary/aromatic N) is 1. The van der Waals surface area contributed by atoms with Gasteiger partial charge in [0.1, 0.15) is 0 Å². The van der Waals surface area contributed by atoms with Gasteiger partial charge >= 0.3 is 0 Å². The number of halogens is 1. The van der Waals surface area contributed by atoms with Crippen LogP contribution in [-0.2, 0) is 10.4 Å². The molecule has 1 amide bonds. The maximum Gasteiger partial charge on any atom is 0.264 e. The molecule has 0 bridgehead atoms. The Morgan fingerprint density at radius 3 is 2.58 bits per heavy atom. The Balaban J connectivity index is 2.02. The molecule has 0 aliphatic carbocycles. The Kier molecular flexibility index (Phi) is 5.04. The smallest absolute Gasteiger partial charge is 0.264 e. The predicted octanol–water partition coefficient (Wildman–Crippen LogP) is 4.28. The molecule has 136 valence electrons. The molecule has 1 N–H and O–H groups in total. The minimum atomic E-state index is -1.83. The molecule has 26 heavy (non-hydrogen) atoms. The Labute approximate surface area is 162 Å². The van der Waals surface area contributed by atoms with E-state index in [1.165, 1.54) is 0 Å². The van der Waals surface area contributed by atoms with Gasteiger partial charge in [-0.2, -0.15) is 0 Å². The first-order chi connectivity index (χ1) is 12.3. The molecule has 0 aromatic heterocycles. The van der Waals surface area contributed by atoms with Crippen LogP contribution in [0, 0.1) is 13.8 Å². The van der Waals surface area contributed by atoms with E-state index < -0.39 is 11.5 Å². The molecule has 1 unspecified atom stereocenters. The average molecular weight is 416 g/mol. The lowest BCUT2D eigenvalue weighted by atomic mass is 9.87. The molecular weight excluding hydrogens is 394 g/mol. The van der Waals surface area contributed by atoms with Gasteiger partial charge in [0.25, 0.3) is 5.91 Å². The molecule has 4 nitrogen and oxygen atoms in total. The minimum Gasteiger partial charge on any atom is -0.375 e. The third kappa shape index (κ3) is 3.10. The Morgan fingerprint density at radius 2 is 1.92 bits per heavy atom. The molecule has 1 aliphatic heterocycles. The largest absolute Gasteiger partial charge is 0.375 e. The zero-order valence-electron chi connectivity index (χ0n) is 15.2. The number of anilines is 1. The van der Waals surface area contributed by atoms with Crippen LogP contribution in [-0.4, -0.2) is 23.3 Å². The standard InChI is InChI=1S/C21H22BrNO3/c1-4-9-23-18-8-6-15(22)11-17(18)21(26,20(23)25)12-19(24)16-7-5-13(2)10-14(16)3/h5-8,10-11,26H,4,9,12H2,1-3H3. The molecule has 0 fully saturated rings. The van der Waals surface area contributed by atoms with Gasteiger partial charge in [-0.1, -0.05) is 46.6 Å². The summed E-state index contributed by atoms with van der Waals surface area (Å²) in [6, 6.07) is 11.0. The van der Waals surface area contributed by atoms with Crippen molar-refractivity contribution in [1.29, 1.82) is 0 Å². The van der Waals surface area contributed by atoms with Gasteiger partial charge in [-0.3, -0.25) is 9.59 Å². The van der Waals surface area contributed by atoms with E-state index in [-0.39, 0.29) is 12.2 Å². The molecular formula is C21H22BrNO3. The van der Waals surface area contributed by atoms with E-state index >= 15 is 0 Å². The number of amides is 1. The molecule has 2 aromatic rings. The van der Waals surface area contributed by atoms with Gasteiger partial charge in [0.05, 0.1) is 12.1 Å². The van der Waals surface area contributed by atoms with Crippen molar-refractivity contribution in [2.45, 2.75) is 39.2 Å². The number of Topliss-reactive ketones (excluding diaryl/α,β-unsaturated/α-hetero) is 1. The summed E-state index contributed by atoms with van der Waals surface area (Å²) >= 11 is 3.40. The number of ketones is 1. The van der Waals surface area contributed by atoms with Crippen LogP contribution in [0.5, 0.6) is 0 Å². The third-order valence-electron chi connectivity index (χ3n) is 4.84. The molecule has 3 rings (SSSR count). The SMILES string of the molecule is CCCN1C(=O)C(O)(CC(=O)c2ccc(C)cc2C)c2cc(Br)ccc21. The molecule has 0 spiro atoms. The number of benzene rings is 2. The second-order valence-electron chi connectivity index (χ2n) is 6.90. The van der Waals surface area contributed by atoms with Gasteiger partial charge in [-0.15, -0.1) is 0 Å². The summed E-state index contributed by atoms with van der Waals surface area (Å²) in [4.78, 5) is 27.5. The highest BCUT2D eigenvalue weighted by Crippen LogP contribution is 2.44. The van der Waals surface area contributed by atoms with Crippen LogP contribution in [0.3, 0.4) is 0 Å². The van der Waals surface area contributed by atoms with Crippen molar-refractivity contribution >= 4 is 33.3 Å². The summed E-state index contributed by atoms with van der Waals surface area (Å²) in [5, 5.41) is 11.3. The molecule has 0 saturated heterocycles. The fourth-order valence-electron chi connectivity index (χ4n) is 3.59. The van der Waals surface area contributed by atoms with Crippen molar-refractivity contribution in [1.82, 2.24) is 0 Å². The number of hydrogen-bond acceptors (Lipinski definition) is 3. The molecule has 0 saturated carbocycles. The van der Waals surface area contributed by atoms with E-state index in [1.54, 1.807) is 17.0 Å². The zero-order valence-corrected chi connectivity index (χ0v) is 16.8. The van der Waals surface area contributed by atoms with Crippen molar-refractivity contribution in [3.8, 4) is 0 Å². The average Bonchev–Trinajstić information content (AvgIpc) is 2.77. The zero-order chi connectivity index (χ0) is 19.1. The molecule has 1 aliphatic rings. The number of aryl methyl sites for hydroxylation is 2. The second kappa shape index (κ2) is 6.97. The van der Waals surface area contributed by atoms with Crippen LogP contribution in [0.4, 0.5) is 5.69 Å². The molecule has 5 heteroatoms. The van der Waals surface area contributed by atoms with Gasteiger partial charge < -0.3 is 10.0 Å². The lowest BCUT2D eigenvalue weighted by Crippen LogP contribution is -2.42. The van der Waals surface area contributed by atoms with Gasteiger partial charge in [0.15, 0.2) is 11.4 Å². The highest BCUT2D eigenvalue weighted by Gasteiger charge is 2.50. The summed E-state index contributed by atoms with van der Waals surface area (Å²) in [5.41, 5.74) is 1.80. The van der Waals surface area contributed by atoms with Gasteiger partial charge in [0.2, 0.25) is 0 Å². The van der Waals surface area contributed by atoms with Crippen molar-refractivity contribution in [3.63, 3.8) is 0 Å². The fraction of sp³-hybridized carbons (Fsp3) is 0.333. The fourth-order valence-corrected chi connectivity index (χ4v) is 3.95. The lowest BCUT2D eigenvalue weighted by molar-refractivity contribution is -0.135. The quantitative estimate of drug-likeness (QED) is 0.741. The number of fused-ring (bicyclic) bond motifs is 1. The maximum absolute atomic E-state index is 13.0. The van der Waals surface area contributed by atoms with E-state index in [4.69, 9.17) is 0 Å². The number of carbonyl (C=O) groups is 2. The van der Waals surface area contributed by atoms with Crippen LogP contribution >= 0.6 is 15.9 Å². The van der Waals surface area contributed by atoms with Crippen molar-refractivity contribution < 1.29 is 14.7 Å². The summed E-state index contributed by atoms with van der Waals surface area (Å²) in [5.74, 6) is -0.659. The van der Waals surface area contributed by atoms with Gasteiger partial charge in [0, 0.05) is 22.1 Å². The summed E-state index contributed by atoms with van der Waals surface area (Å²) in [7, 11) is 0. The number of carbonyl (C=O) groups excluding carboxylic acids is 2. The van der Waals surface area contributed by atoms with Crippen molar-refractivity contribution in [3.05, 3.63) is 63.1 Å². The highest BCUT2D eigenvalue weighted by molar-refractivity contribution is 9.10. The summed E-state index contributed by atoms with van der Waals surface area (Å²) < 4.78 is 0.764. The first-order valence-corrected chi connectivity index (χ1v) is 9.52. The number of aliphatic hydroxyl groups is 1. The van der Waals surface area contributed by atoms with E-state index in [1.807, 2.05) is 45.0 Å². The Bertz CT molecular complexity index is 893. The normalized spacial score (nSPS) is 19.0. The Morgan fingerprint density at radius 1 is 1.19 bits per heavy atom. The monoisotopic (exact) mass is 415 g/mol. The van der Waals surface area contributed by atoms with Crippen molar-refractivity contribution in [2.75, 3.05) is 11.4 Å². The number of hydrogen-bond donors (Lipinski definition) is 1. The summed E-state index contributed by atoms with van der Waals surface area (Å²) in [6.07, 6.45) is 0.502. The van der Waals surface area contributed by atoms with E-state index in [2.05, 4.69) is 15.9 Å².